The predicted octanol–water partition coefficient (Wildman–Crippen LogP) is 2.76. The van der Waals surface area contributed by atoms with Crippen LogP contribution in [0.2, 0.25) is 0 Å². The van der Waals surface area contributed by atoms with E-state index in [1.54, 1.807) is 11.1 Å². The van der Waals surface area contributed by atoms with Gasteiger partial charge in [-0.05, 0) is 40.2 Å². The largest absolute Gasteiger partial charge is 0.444 e. The lowest BCUT2D eigenvalue weighted by Crippen LogP contribution is -2.35. The summed E-state index contributed by atoms with van der Waals surface area (Å²) < 4.78 is 7.33. The second kappa shape index (κ2) is 5.26. The van der Waals surface area contributed by atoms with Crippen molar-refractivity contribution in [1.29, 1.82) is 0 Å². The topological polar surface area (TPSA) is 59.7 Å². The van der Waals surface area contributed by atoms with E-state index < -0.39 is 5.60 Å². The number of rotatable bonds is 1. The number of carbonyl (C=O) groups is 1. The average molecular weight is 302 g/mol. The maximum atomic E-state index is 12.2. The van der Waals surface area contributed by atoms with Crippen molar-refractivity contribution in [2.45, 2.75) is 45.6 Å². The van der Waals surface area contributed by atoms with Crippen molar-refractivity contribution in [1.82, 2.24) is 19.5 Å². The highest BCUT2D eigenvalue weighted by Crippen LogP contribution is 2.28. The first-order valence-electron chi connectivity index (χ1n) is 7.63. The minimum Gasteiger partial charge on any atom is -0.444 e. The third-order valence-electron chi connectivity index (χ3n) is 3.77. The zero-order chi connectivity index (χ0) is 15.9. The van der Waals surface area contributed by atoms with Crippen LogP contribution < -0.4 is 0 Å². The van der Waals surface area contributed by atoms with Crippen LogP contribution in [0.15, 0.2) is 18.3 Å². The van der Waals surface area contributed by atoms with E-state index in [4.69, 9.17) is 4.74 Å². The van der Waals surface area contributed by atoms with E-state index in [2.05, 4.69) is 16.1 Å². The lowest BCUT2D eigenvalue weighted by Gasteiger charge is -2.24. The summed E-state index contributed by atoms with van der Waals surface area (Å²) in [6.45, 7) is 9.02. The Morgan fingerprint density at radius 3 is 2.91 bits per heavy atom. The standard InChI is InChI=1S/C16H22N4O2/c1-11-9-13(20-14(18-11)5-7-17-20)12-6-8-19(10-12)15(21)22-16(2,3)4/h5,7,9,12H,6,8,10H2,1-4H3. The molecule has 1 atom stereocenters. The molecule has 22 heavy (non-hydrogen) atoms. The van der Waals surface area contributed by atoms with Crippen LogP contribution in [0, 0.1) is 6.92 Å². The molecule has 0 aliphatic carbocycles. The Morgan fingerprint density at radius 2 is 2.18 bits per heavy atom. The van der Waals surface area contributed by atoms with Gasteiger partial charge in [-0.2, -0.15) is 5.10 Å². The zero-order valence-electron chi connectivity index (χ0n) is 13.5. The van der Waals surface area contributed by atoms with E-state index in [0.29, 0.717) is 13.1 Å². The minimum atomic E-state index is -0.461. The monoisotopic (exact) mass is 302 g/mol. The molecule has 0 aromatic carbocycles. The summed E-state index contributed by atoms with van der Waals surface area (Å²) in [6, 6.07) is 3.96. The highest BCUT2D eigenvalue weighted by atomic mass is 16.6. The number of ether oxygens (including phenoxy) is 1. The van der Waals surface area contributed by atoms with Crippen LogP contribution in [0.1, 0.15) is 44.5 Å². The fourth-order valence-electron chi connectivity index (χ4n) is 2.85. The SMILES string of the molecule is Cc1cc(C2CCN(C(=O)OC(C)(C)C)C2)n2nccc2n1. The molecule has 118 valence electrons. The first-order valence-corrected chi connectivity index (χ1v) is 7.63. The van der Waals surface area contributed by atoms with Crippen LogP contribution in [0.3, 0.4) is 0 Å². The average Bonchev–Trinajstić information content (AvgIpc) is 3.04. The number of carbonyl (C=O) groups excluding carboxylic acids is 1. The van der Waals surface area contributed by atoms with Gasteiger partial charge in [0.2, 0.25) is 0 Å². The van der Waals surface area contributed by atoms with Gasteiger partial charge in [-0.15, -0.1) is 0 Å². The summed E-state index contributed by atoms with van der Waals surface area (Å²) in [7, 11) is 0. The number of likely N-dealkylation sites (tertiary alicyclic amines) is 1. The molecule has 3 rings (SSSR count). The van der Waals surface area contributed by atoms with Gasteiger partial charge < -0.3 is 9.64 Å². The van der Waals surface area contributed by atoms with Gasteiger partial charge in [0.25, 0.3) is 0 Å². The first kappa shape index (κ1) is 14.8. The van der Waals surface area contributed by atoms with E-state index in [9.17, 15) is 4.79 Å². The van der Waals surface area contributed by atoms with E-state index >= 15 is 0 Å². The van der Waals surface area contributed by atoms with Crippen LogP contribution in [0.5, 0.6) is 0 Å². The molecule has 2 aromatic heterocycles. The normalized spacial score (nSPS) is 18.9. The number of aryl methyl sites for hydroxylation is 1. The molecule has 1 saturated heterocycles. The van der Waals surface area contributed by atoms with E-state index in [-0.39, 0.29) is 12.0 Å². The van der Waals surface area contributed by atoms with E-state index in [1.807, 2.05) is 38.3 Å². The maximum Gasteiger partial charge on any atom is 0.410 e. The fraction of sp³-hybridized carbons (Fsp3) is 0.562. The number of hydrogen-bond donors (Lipinski definition) is 0. The third-order valence-corrected chi connectivity index (χ3v) is 3.77. The summed E-state index contributed by atoms with van der Waals surface area (Å²) >= 11 is 0. The summed E-state index contributed by atoms with van der Waals surface area (Å²) in [4.78, 5) is 18.4. The number of nitrogens with zero attached hydrogens (tertiary/aromatic N) is 4. The molecule has 6 nitrogen and oxygen atoms in total. The Hall–Kier alpha value is -2.11. The second-order valence-corrected chi connectivity index (χ2v) is 6.84. The molecule has 0 N–H and O–H groups in total. The molecule has 6 heteroatoms. The molecular formula is C16H22N4O2. The van der Waals surface area contributed by atoms with Crippen molar-refractivity contribution in [2.75, 3.05) is 13.1 Å². The highest BCUT2D eigenvalue weighted by molar-refractivity contribution is 5.68. The van der Waals surface area contributed by atoms with E-state index in [0.717, 1.165) is 23.5 Å². The summed E-state index contributed by atoms with van der Waals surface area (Å²) in [5.74, 6) is 0.261. The second-order valence-electron chi connectivity index (χ2n) is 6.84. The highest BCUT2D eigenvalue weighted by Gasteiger charge is 2.32. The molecular weight excluding hydrogens is 280 g/mol. The van der Waals surface area contributed by atoms with Crippen LogP contribution in [0.4, 0.5) is 4.79 Å². The van der Waals surface area contributed by atoms with Crippen molar-refractivity contribution >= 4 is 11.7 Å². The van der Waals surface area contributed by atoms with Gasteiger partial charge in [0, 0.05) is 30.8 Å². The number of aromatic nitrogens is 3. The Balaban J connectivity index is 1.80. The summed E-state index contributed by atoms with van der Waals surface area (Å²) in [5.41, 5.74) is 2.47. The lowest BCUT2D eigenvalue weighted by molar-refractivity contribution is 0.0292. The molecule has 0 radical (unpaired) electrons. The molecule has 0 saturated carbocycles. The Kier molecular flexibility index (Phi) is 3.54. The molecule has 3 heterocycles. The van der Waals surface area contributed by atoms with Gasteiger partial charge in [-0.1, -0.05) is 0 Å². The van der Waals surface area contributed by atoms with Crippen molar-refractivity contribution < 1.29 is 9.53 Å². The van der Waals surface area contributed by atoms with Crippen LogP contribution in [-0.4, -0.2) is 44.3 Å². The third kappa shape index (κ3) is 2.91. The first-order chi connectivity index (χ1) is 10.3. The zero-order valence-corrected chi connectivity index (χ0v) is 13.5. The van der Waals surface area contributed by atoms with Gasteiger partial charge in [-0.3, -0.25) is 0 Å². The Bertz CT molecular complexity index is 702. The van der Waals surface area contributed by atoms with Gasteiger partial charge in [0.1, 0.15) is 5.60 Å². The molecule has 2 aromatic rings. The van der Waals surface area contributed by atoms with Crippen molar-refractivity contribution in [2.24, 2.45) is 0 Å². The van der Waals surface area contributed by atoms with Gasteiger partial charge >= 0.3 is 6.09 Å². The molecule has 1 amide bonds. The Morgan fingerprint density at radius 1 is 1.41 bits per heavy atom. The number of fused-ring (bicyclic) bond motifs is 1. The van der Waals surface area contributed by atoms with E-state index in [1.165, 1.54) is 0 Å². The maximum absolute atomic E-state index is 12.2. The molecule has 1 aliphatic heterocycles. The molecule has 0 bridgehead atoms. The molecule has 1 aliphatic rings. The van der Waals surface area contributed by atoms with Crippen molar-refractivity contribution in [3.8, 4) is 0 Å². The number of amides is 1. The molecule has 1 fully saturated rings. The molecule has 1 unspecified atom stereocenters. The van der Waals surface area contributed by atoms with Crippen molar-refractivity contribution in [3.05, 3.63) is 29.7 Å². The summed E-state index contributed by atoms with van der Waals surface area (Å²) in [6.07, 6.45) is 2.43. The lowest BCUT2D eigenvalue weighted by atomic mass is 10.0. The summed E-state index contributed by atoms with van der Waals surface area (Å²) in [5, 5.41) is 4.35. The van der Waals surface area contributed by atoms with Gasteiger partial charge in [0.15, 0.2) is 5.65 Å². The smallest absolute Gasteiger partial charge is 0.410 e. The fourth-order valence-corrected chi connectivity index (χ4v) is 2.85. The minimum absolute atomic E-state index is 0.238. The Labute approximate surface area is 130 Å². The van der Waals surface area contributed by atoms with Crippen LogP contribution >= 0.6 is 0 Å². The van der Waals surface area contributed by atoms with Crippen molar-refractivity contribution in [3.63, 3.8) is 0 Å². The van der Waals surface area contributed by atoms with Crippen LogP contribution in [0.25, 0.3) is 5.65 Å². The van der Waals surface area contributed by atoms with Gasteiger partial charge in [-0.25, -0.2) is 14.3 Å². The van der Waals surface area contributed by atoms with Gasteiger partial charge in [0.05, 0.1) is 11.9 Å². The van der Waals surface area contributed by atoms with Crippen LogP contribution in [-0.2, 0) is 4.74 Å². The quantitative estimate of drug-likeness (QED) is 0.812. The predicted molar refractivity (Wildman–Crippen MR) is 82.9 cm³/mol. The number of hydrogen-bond acceptors (Lipinski definition) is 4. The molecule has 0 spiro atoms.